The summed E-state index contributed by atoms with van der Waals surface area (Å²) in [6.45, 7) is 0. The monoisotopic (exact) mass is 303 g/mol. The van der Waals surface area contributed by atoms with E-state index in [1.807, 2.05) is 24.3 Å². The van der Waals surface area contributed by atoms with Crippen LogP contribution >= 0.6 is 22.9 Å². The van der Waals surface area contributed by atoms with Crippen molar-refractivity contribution in [2.45, 2.75) is 0 Å². The van der Waals surface area contributed by atoms with Crippen LogP contribution in [0.1, 0.15) is 10.4 Å². The summed E-state index contributed by atoms with van der Waals surface area (Å²) in [6.07, 6.45) is 0. The molecule has 1 aromatic heterocycles. The van der Waals surface area contributed by atoms with Crippen LogP contribution in [0.25, 0.3) is 10.2 Å². The van der Waals surface area contributed by atoms with Crippen molar-refractivity contribution in [3.8, 4) is 0 Å². The minimum atomic E-state index is -0.258. The Bertz CT molecular complexity index is 767. The molecule has 6 heteroatoms. The summed E-state index contributed by atoms with van der Waals surface area (Å²) in [5.74, 6) is -0.258. The van der Waals surface area contributed by atoms with Crippen molar-refractivity contribution in [1.82, 2.24) is 4.98 Å². The first-order chi connectivity index (χ1) is 9.63. The number of hydrogen-bond acceptors (Lipinski definition) is 4. The first kappa shape index (κ1) is 12.9. The second-order valence-electron chi connectivity index (χ2n) is 4.18. The number of para-hydroxylation sites is 1. The van der Waals surface area contributed by atoms with Gasteiger partial charge < -0.3 is 5.73 Å². The largest absolute Gasteiger partial charge is 0.398 e. The van der Waals surface area contributed by atoms with E-state index in [4.69, 9.17) is 17.3 Å². The van der Waals surface area contributed by atoms with Crippen LogP contribution < -0.4 is 11.1 Å². The predicted octanol–water partition coefficient (Wildman–Crippen LogP) is 3.78. The van der Waals surface area contributed by atoms with Crippen LogP contribution in [-0.2, 0) is 0 Å². The number of fused-ring (bicyclic) bond motifs is 1. The summed E-state index contributed by atoms with van der Waals surface area (Å²) < 4.78 is 1.03. The highest BCUT2D eigenvalue weighted by atomic mass is 35.5. The molecule has 4 nitrogen and oxygen atoms in total. The number of rotatable bonds is 2. The molecule has 2 aromatic carbocycles. The lowest BCUT2D eigenvalue weighted by atomic mass is 10.2. The average Bonchev–Trinajstić information content (AvgIpc) is 2.83. The van der Waals surface area contributed by atoms with Crippen molar-refractivity contribution in [2.24, 2.45) is 0 Å². The summed E-state index contributed by atoms with van der Waals surface area (Å²) in [6, 6.07) is 12.5. The number of nitrogens with zero attached hydrogens (tertiary/aromatic N) is 1. The molecule has 1 amide bonds. The fourth-order valence-corrected chi connectivity index (χ4v) is 2.80. The Labute approximate surface area is 124 Å². The van der Waals surface area contributed by atoms with E-state index in [1.54, 1.807) is 18.2 Å². The Morgan fingerprint density at radius 3 is 2.80 bits per heavy atom. The predicted molar refractivity (Wildman–Crippen MR) is 83.4 cm³/mol. The van der Waals surface area contributed by atoms with Gasteiger partial charge in [0.1, 0.15) is 0 Å². The topological polar surface area (TPSA) is 68.0 Å². The third kappa shape index (κ3) is 2.45. The van der Waals surface area contributed by atoms with Crippen LogP contribution in [0.5, 0.6) is 0 Å². The maximum atomic E-state index is 12.1. The van der Waals surface area contributed by atoms with Crippen molar-refractivity contribution in [3.63, 3.8) is 0 Å². The number of nitrogens with two attached hydrogens (primary N) is 1. The molecule has 3 N–H and O–H groups in total. The SMILES string of the molecule is Nc1ccc(C(=O)Nc2nc3ccccc3s2)cc1Cl. The number of aromatic nitrogens is 1. The molecule has 20 heavy (non-hydrogen) atoms. The summed E-state index contributed by atoms with van der Waals surface area (Å²) in [5, 5.41) is 3.69. The maximum Gasteiger partial charge on any atom is 0.257 e. The molecule has 0 saturated heterocycles. The van der Waals surface area contributed by atoms with E-state index in [2.05, 4.69) is 10.3 Å². The van der Waals surface area contributed by atoms with E-state index in [0.29, 0.717) is 21.4 Å². The van der Waals surface area contributed by atoms with Crippen molar-refractivity contribution in [3.05, 3.63) is 53.1 Å². The number of carbonyl (C=O) groups excluding carboxylic acids is 1. The van der Waals surface area contributed by atoms with Crippen molar-refractivity contribution < 1.29 is 4.79 Å². The van der Waals surface area contributed by atoms with Gasteiger partial charge in [-0.25, -0.2) is 4.98 Å². The van der Waals surface area contributed by atoms with Gasteiger partial charge in [-0.15, -0.1) is 0 Å². The normalized spacial score (nSPS) is 10.7. The van der Waals surface area contributed by atoms with Crippen LogP contribution in [0.15, 0.2) is 42.5 Å². The number of nitrogens with one attached hydrogen (secondary N) is 1. The van der Waals surface area contributed by atoms with Crippen molar-refractivity contribution in [2.75, 3.05) is 11.1 Å². The van der Waals surface area contributed by atoms with Crippen molar-refractivity contribution >= 4 is 49.9 Å². The number of thiazole rings is 1. The van der Waals surface area contributed by atoms with Crippen LogP contribution in [0, 0.1) is 0 Å². The zero-order valence-corrected chi connectivity index (χ0v) is 11.8. The first-order valence-electron chi connectivity index (χ1n) is 5.85. The Kier molecular flexibility index (Phi) is 3.30. The quantitative estimate of drug-likeness (QED) is 0.708. The highest BCUT2D eigenvalue weighted by Crippen LogP contribution is 2.26. The zero-order chi connectivity index (χ0) is 14.1. The van der Waals surface area contributed by atoms with Gasteiger partial charge in [-0.2, -0.15) is 0 Å². The smallest absolute Gasteiger partial charge is 0.257 e. The Morgan fingerprint density at radius 2 is 2.05 bits per heavy atom. The van der Waals surface area contributed by atoms with Crippen molar-refractivity contribution in [1.29, 1.82) is 0 Å². The highest BCUT2D eigenvalue weighted by Gasteiger charge is 2.10. The van der Waals surface area contributed by atoms with Crippen LogP contribution in [0.4, 0.5) is 10.8 Å². The van der Waals surface area contributed by atoms with Crippen LogP contribution in [-0.4, -0.2) is 10.9 Å². The van der Waals surface area contributed by atoms with E-state index >= 15 is 0 Å². The third-order valence-electron chi connectivity index (χ3n) is 2.78. The van der Waals surface area contributed by atoms with Gasteiger partial charge in [-0.05, 0) is 30.3 Å². The number of nitrogen functional groups attached to an aromatic ring is 1. The Hall–Kier alpha value is -2.11. The molecule has 0 unspecified atom stereocenters. The summed E-state index contributed by atoms with van der Waals surface area (Å²) in [5.41, 5.74) is 7.38. The molecular formula is C14H10ClN3OS. The minimum absolute atomic E-state index is 0.258. The fraction of sp³-hybridized carbons (Fsp3) is 0. The van der Waals surface area contributed by atoms with Gasteiger partial charge in [0.05, 0.1) is 20.9 Å². The van der Waals surface area contributed by atoms with Gasteiger partial charge in [0.25, 0.3) is 5.91 Å². The number of anilines is 2. The molecule has 0 aliphatic heterocycles. The maximum absolute atomic E-state index is 12.1. The lowest BCUT2D eigenvalue weighted by Crippen LogP contribution is -2.11. The lowest BCUT2D eigenvalue weighted by Gasteiger charge is -2.03. The highest BCUT2D eigenvalue weighted by molar-refractivity contribution is 7.22. The molecule has 1 heterocycles. The van der Waals surface area contributed by atoms with Gasteiger partial charge in [0, 0.05) is 5.56 Å². The molecule has 3 aromatic rings. The number of halogens is 1. The number of amides is 1. The fourth-order valence-electron chi connectivity index (χ4n) is 1.76. The third-order valence-corrected chi connectivity index (χ3v) is 4.06. The van der Waals surface area contributed by atoms with E-state index in [9.17, 15) is 4.79 Å². The van der Waals surface area contributed by atoms with Gasteiger partial charge in [-0.3, -0.25) is 10.1 Å². The van der Waals surface area contributed by atoms with E-state index in [-0.39, 0.29) is 5.91 Å². The molecule has 0 saturated carbocycles. The second kappa shape index (κ2) is 5.11. The Morgan fingerprint density at radius 1 is 1.25 bits per heavy atom. The molecule has 0 atom stereocenters. The zero-order valence-electron chi connectivity index (χ0n) is 10.3. The van der Waals surface area contributed by atoms with E-state index < -0.39 is 0 Å². The molecule has 0 aliphatic carbocycles. The molecule has 0 bridgehead atoms. The van der Waals surface area contributed by atoms with E-state index in [1.165, 1.54) is 11.3 Å². The average molecular weight is 304 g/mol. The summed E-state index contributed by atoms with van der Waals surface area (Å²) in [4.78, 5) is 16.5. The molecular weight excluding hydrogens is 294 g/mol. The minimum Gasteiger partial charge on any atom is -0.398 e. The Balaban J connectivity index is 1.86. The van der Waals surface area contributed by atoms with Gasteiger partial charge in [0.15, 0.2) is 5.13 Å². The van der Waals surface area contributed by atoms with Gasteiger partial charge in [0.2, 0.25) is 0 Å². The molecule has 0 spiro atoms. The summed E-state index contributed by atoms with van der Waals surface area (Å²) >= 11 is 7.33. The lowest BCUT2D eigenvalue weighted by molar-refractivity contribution is 0.102. The second-order valence-corrected chi connectivity index (χ2v) is 5.62. The van der Waals surface area contributed by atoms with Gasteiger partial charge >= 0.3 is 0 Å². The molecule has 3 rings (SSSR count). The summed E-state index contributed by atoms with van der Waals surface area (Å²) in [7, 11) is 0. The standard InChI is InChI=1S/C14H10ClN3OS/c15-9-7-8(5-6-10(9)16)13(19)18-14-17-11-3-1-2-4-12(11)20-14/h1-7H,16H2,(H,17,18,19). The number of hydrogen-bond donors (Lipinski definition) is 2. The molecule has 100 valence electrons. The van der Waals surface area contributed by atoms with E-state index in [0.717, 1.165) is 10.2 Å². The van der Waals surface area contributed by atoms with Gasteiger partial charge in [-0.1, -0.05) is 35.1 Å². The number of carbonyl (C=O) groups is 1. The molecule has 0 aliphatic rings. The first-order valence-corrected chi connectivity index (χ1v) is 7.05. The molecule has 0 fully saturated rings. The van der Waals surface area contributed by atoms with Crippen LogP contribution in [0.3, 0.4) is 0 Å². The number of benzene rings is 2. The molecule has 0 radical (unpaired) electrons. The van der Waals surface area contributed by atoms with Crippen LogP contribution in [0.2, 0.25) is 5.02 Å².